The third kappa shape index (κ3) is 2.97. The third-order valence-electron chi connectivity index (χ3n) is 4.82. The first-order valence-corrected chi connectivity index (χ1v) is 8.30. The number of hydrogen-bond donors (Lipinski definition) is 1. The van der Waals surface area contributed by atoms with E-state index in [1.807, 2.05) is 24.3 Å². The molecule has 0 bridgehead atoms. The molecule has 0 radical (unpaired) electrons. The number of amides is 1. The molecular formula is C20H18FNO3. The smallest absolute Gasteiger partial charge is 0.230 e. The molecule has 4 rings (SSSR count). The highest BCUT2D eigenvalue weighted by Gasteiger charge is 2.51. The minimum Gasteiger partial charge on any atom is -0.469 e. The maximum atomic E-state index is 13.1. The molecule has 1 amide bonds. The minimum absolute atomic E-state index is 0.0396. The van der Waals surface area contributed by atoms with Crippen molar-refractivity contribution < 1.29 is 18.0 Å². The van der Waals surface area contributed by atoms with Crippen LogP contribution in [0.2, 0.25) is 0 Å². The molecule has 1 fully saturated rings. The van der Waals surface area contributed by atoms with Gasteiger partial charge in [-0.3, -0.25) is 4.79 Å². The first kappa shape index (κ1) is 15.7. The van der Waals surface area contributed by atoms with Crippen LogP contribution in [0.4, 0.5) is 4.39 Å². The molecule has 0 saturated heterocycles. The topological polar surface area (TPSA) is 55.4 Å². The van der Waals surface area contributed by atoms with Gasteiger partial charge in [-0.2, -0.15) is 0 Å². The Morgan fingerprint density at radius 2 is 1.64 bits per heavy atom. The van der Waals surface area contributed by atoms with Crippen molar-refractivity contribution in [3.05, 3.63) is 84.0 Å². The maximum absolute atomic E-state index is 13.1. The van der Waals surface area contributed by atoms with Gasteiger partial charge in [0.2, 0.25) is 5.91 Å². The summed E-state index contributed by atoms with van der Waals surface area (Å²) in [7, 11) is 0. The number of furan rings is 2. The minimum atomic E-state index is -0.537. The lowest BCUT2D eigenvalue weighted by atomic mass is 9.94. The second-order valence-corrected chi connectivity index (χ2v) is 6.38. The van der Waals surface area contributed by atoms with Crippen molar-refractivity contribution in [1.82, 2.24) is 5.32 Å². The predicted octanol–water partition coefficient (Wildman–Crippen LogP) is 3.99. The fourth-order valence-electron chi connectivity index (χ4n) is 3.23. The summed E-state index contributed by atoms with van der Waals surface area (Å²) in [5.41, 5.74) is 0.323. The van der Waals surface area contributed by atoms with Gasteiger partial charge in [-0.05, 0) is 54.8 Å². The molecule has 0 spiro atoms. The lowest BCUT2D eigenvalue weighted by molar-refractivity contribution is -0.123. The van der Waals surface area contributed by atoms with E-state index in [1.165, 1.54) is 12.1 Å². The molecule has 0 aliphatic heterocycles. The monoisotopic (exact) mass is 339 g/mol. The van der Waals surface area contributed by atoms with Gasteiger partial charge in [0.25, 0.3) is 0 Å². The summed E-state index contributed by atoms with van der Waals surface area (Å²) >= 11 is 0. The van der Waals surface area contributed by atoms with Gasteiger partial charge < -0.3 is 14.2 Å². The summed E-state index contributed by atoms with van der Waals surface area (Å²) in [5.74, 6) is 0.958. The molecule has 2 heterocycles. The first-order valence-electron chi connectivity index (χ1n) is 8.30. The normalized spacial score (nSPS) is 15.3. The Morgan fingerprint density at radius 1 is 1.04 bits per heavy atom. The van der Waals surface area contributed by atoms with E-state index in [0.717, 1.165) is 29.9 Å². The Balaban J connectivity index is 1.50. The first-order chi connectivity index (χ1) is 12.2. The highest BCUT2D eigenvalue weighted by Crippen LogP contribution is 2.48. The SMILES string of the molecule is O=C(NCC(c1ccco1)c1ccco1)C1(c2ccc(F)cc2)CC1. The average molecular weight is 339 g/mol. The largest absolute Gasteiger partial charge is 0.469 e. The molecule has 1 aromatic carbocycles. The van der Waals surface area contributed by atoms with Crippen molar-refractivity contribution in [3.8, 4) is 0 Å². The number of rotatable bonds is 6. The fraction of sp³-hybridized carbons (Fsp3) is 0.250. The lowest BCUT2D eigenvalue weighted by Crippen LogP contribution is -2.37. The van der Waals surface area contributed by atoms with Crippen LogP contribution in [0.25, 0.3) is 0 Å². The van der Waals surface area contributed by atoms with Crippen LogP contribution in [-0.4, -0.2) is 12.5 Å². The molecule has 3 aromatic rings. The predicted molar refractivity (Wildman–Crippen MR) is 89.6 cm³/mol. The summed E-state index contributed by atoms with van der Waals surface area (Å²) < 4.78 is 24.1. The molecule has 0 atom stereocenters. The molecule has 1 N–H and O–H groups in total. The van der Waals surface area contributed by atoms with E-state index in [-0.39, 0.29) is 17.6 Å². The summed E-state index contributed by atoms with van der Waals surface area (Å²) in [4.78, 5) is 12.8. The molecular weight excluding hydrogens is 321 g/mol. The number of carbonyl (C=O) groups is 1. The van der Waals surface area contributed by atoms with E-state index in [9.17, 15) is 9.18 Å². The third-order valence-corrected chi connectivity index (χ3v) is 4.82. The molecule has 5 heteroatoms. The van der Waals surface area contributed by atoms with Crippen molar-refractivity contribution in [2.45, 2.75) is 24.2 Å². The molecule has 2 aromatic heterocycles. The van der Waals surface area contributed by atoms with Crippen LogP contribution < -0.4 is 5.32 Å². The van der Waals surface area contributed by atoms with E-state index >= 15 is 0 Å². The van der Waals surface area contributed by atoms with Crippen LogP contribution in [0.5, 0.6) is 0 Å². The standard InChI is InChI=1S/C20H18FNO3/c21-15-7-5-14(6-8-15)20(9-10-20)19(23)22-13-16(17-3-1-11-24-17)18-4-2-12-25-18/h1-8,11-12,16H,9-10,13H2,(H,22,23). The second-order valence-electron chi connectivity index (χ2n) is 6.38. The number of nitrogens with one attached hydrogen (secondary N) is 1. The molecule has 1 aliphatic rings. The maximum Gasteiger partial charge on any atom is 0.230 e. The van der Waals surface area contributed by atoms with Gasteiger partial charge in [0.1, 0.15) is 17.3 Å². The Hall–Kier alpha value is -2.82. The van der Waals surface area contributed by atoms with E-state index in [0.29, 0.717) is 6.54 Å². The van der Waals surface area contributed by atoms with Gasteiger partial charge in [0, 0.05) is 6.54 Å². The Kier molecular flexibility index (Phi) is 3.92. The molecule has 128 valence electrons. The van der Waals surface area contributed by atoms with E-state index in [1.54, 1.807) is 24.7 Å². The molecule has 0 unspecified atom stereocenters. The molecule has 1 aliphatic carbocycles. The van der Waals surface area contributed by atoms with Crippen LogP contribution >= 0.6 is 0 Å². The summed E-state index contributed by atoms with van der Waals surface area (Å²) in [6.07, 6.45) is 4.76. The van der Waals surface area contributed by atoms with Gasteiger partial charge in [-0.25, -0.2) is 4.39 Å². The second kappa shape index (κ2) is 6.24. The number of halogens is 1. The summed E-state index contributed by atoms with van der Waals surface area (Å²) in [6, 6.07) is 13.5. The van der Waals surface area contributed by atoms with Crippen LogP contribution in [-0.2, 0) is 10.2 Å². The van der Waals surface area contributed by atoms with Crippen molar-refractivity contribution in [2.75, 3.05) is 6.54 Å². The highest BCUT2D eigenvalue weighted by atomic mass is 19.1. The quantitative estimate of drug-likeness (QED) is 0.739. The van der Waals surface area contributed by atoms with Crippen LogP contribution in [0, 0.1) is 5.82 Å². The van der Waals surface area contributed by atoms with E-state index in [4.69, 9.17) is 8.83 Å². The highest BCUT2D eigenvalue weighted by molar-refractivity contribution is 5.91. The van der Waals surface area contributed by atoms with Crippen molar-refractivity contribution >= 4 is 5.91 Å². The number of carbonyl (C=O) groups excluding carboxylic acids is 1. The van der Waals surface area contributed by atoms with Gasteiger partial charge in [-0.1, -0.05) is 12.1 Å². The zero-order valence-corrected chi connectivity index (χ0v) is 13.6. The molecule has 4 nitrogen and oxygen atoms in total. The Labute approximate surface area is 144 Å². The van der Waals surface area contributed by atoms with E-state index in [2.05, 4.69) is 5.32 Å². The van der Waals surface area contributed by atoms with Crippen molar-refractivity contribution in [1.29, 1.82) is 0 Å². The zero-order valence-electron chi connectivity index (χ0n) is 13.6. The van der Waals surface area contributed by atoms with Crippen LogP contribution in [0.15, 0.2) is 69.9 Å². The van der Waals surface area contributed by atoms with Crippen molar-refractivity contribution in [3.63, 3.8) is 0 Å². The van der Waals surface area contributed by atoms with Gasteiger partial charge in [0.05, 0.1) is 23.9 Å². The van der Waals surface area contributed by atoms with Gasteiger partial charge >= 0.3 is 0 Å². The number of benzene rings is 1. The van der Waals surface area contributed by atoms with Crippen LogP contribution in [0.1, 0.15) is 35.8 Å². The average Bonchev–Trinajstić information content (AvgIpc) is 3.02. The molecule has 25 heavy (non-hydrogen) atoms. The van der Waals surface area contributed by atoms with Gasteiger partial charge in [0.15, 0.2) is 0 Å². The summed E-state index contributed by atoms with van der Waals surface area (Å²) in [6.45, 7) is 0.378. The fourth-order valence-corrected chi connectivity index (χ4v) is 3.23. The lowest BCUT2D eigenvalue weighted by Gasteiger charge is -2.18. The van der Waals surface area contributed by atoms with Crippen molar-refractivity contribution in [2.24, 2.45) is 0 Å². The van der Waals surface area contributed by atoms with E-state index < -0.39 is 5.41 Å². The number of hydrogen-bond acceptors (Lipinski definition) is 3. The molecule has 1 saturated carbocycles. The van der Waals surface area contributed by atoms with Crippen LogP contribution in [0.3, 0.4) is 0 Å². The summed E-state index contributed by atoms with van der Waals surface area (Å²) in [5, 5.41) is 3.02. The Morgan fingerprint density at radius 3 is 2.12 bits per heavy atom. The van der Waals surface area contributed by atoms with Gasteiger partial charge in [-0.15, -0.1) is 0 Å². The zero-order chi connectivity index (χ0) is 17.3. The Bertz CT molecular complexity index is 799.